The lowest BCUT2D eigenvalue weighted by Crippen LogP contribution is -2.30. The Morgan fingerprint density at radius 1 is 1.43 bits per heavy atom. The van der Waals surface area contributed by atoms with Crippen molar-refractivity contribution in [2.45, 2.75) is 13.8 Å². The molecule has 0 radical (unpaired) electrons. The number of carbonyl (C=O) groups is 1. The van der Waals surface area contributed by atoms with Crippen LogP contribution in [0.3, 0.4) is 0 Å². The summed E-state index contributed by atoms with van der Waals surface area (Å²) in [6, 6.07) is 0. The van der Waals surface area contributed by atoms with Gasteiger partial charge in [0.1, 0.15) is 0 Å². The van der Waals surface area contributed by atoms with Gasteiger partial charge in [0.25, 0.3) is 5.91 Å². The second-order valence-corrected chi connectivity index (χ2v) is 3.01. The first-order valence-corrected chi connectivity index (χ1v) is 4.52. The zero-order valence-corrected chi connectivity index (χ0v) is 8.68. The molecule has 0 fully saturated rings. The summed E-state index contributed by atoms with van der Waals surface area (Å²) in [7, 11) is 1.83. The van der Waals surface area contributed by atoms with Gasteiger partial charge in [0, 0.05) is 20.0 Å². The van der Waals surface area contributed by atoms with Gasteiger partial charge in [-0.05, 0) is 14.0 Å². The van der Waals surface area contributed by atoms with Crippen LogP contribution in [0.15, 0.2) is 4.42 Å². The maximum atomic E-state index is 11.5. The second-order valence-electron chi connectivity index (χ2n) is 3.01. The van der Waals surface area contributed by atoms with Crippen LogP contribution >= 0.6 is 0 Å². The third kappa shape index (κ3) is 2.56. The molecule has 5 nitrogen and oxygen atoms in total. The first kappa shape index (κ1) is 10.7. The summed E-state index contributed by atoms with van der Waals surface area (Å²) in [6.45, 7) is 4.79. The largest absolute Gasteiger partial charge is 0.436 e. The molecule has 14 heavy (non-hydrogen) atoms. The van der Waals surface area contributed by atoms with Gasteiger partial charge in [0.05, 0.1) is 5.69 Å². The van der Waals surface area contributed by atoms with Gasteiger partial charge in [-0.25, -0.2) is 4.98 Å². The summed E-state index contributed by atoms with van der Waals surface area (Å²) < 4.78 is 5.16. The normalized spacial score (nSPS) is 10.2. The fourth-order valence-electron chi connectivity index (χ4n) is 1.12. The molecule has 0 saturated heterocycles. The van der Waals surface area contributed by atoms with Gasteiger partial charge in [-0.2, -0.15) is 0 Å². The molecule has 0 aliphatic heterocycles. The third-order valence-electron chi connectivity index (χ3n) is 1.77. The van der Waals surface area contributed by atoms with Gasteiger partial charge in [0.2, 0.25) is 5.76 Å². The van der Waals surface area contributed by atoms with Crippen LogP contribution in [0.5, 0.6) is 0 Å². The van der Waals surface area contributed by atoms with Crippen LogP contribution in [0.4, 0.5) is 0 Å². The molecule has 0 aromatic carbocycles. The Labute approximate surface area is 82.9 Å². The van der Waals surface area contributed by atoms with Crippen LogP contribution in [0.2, 0.25) is 0 Å². The Morgan fingerprint density at radius 2 is 2.14 bits per heavy atom. The summed E-state index contributed by atoms with van der Waals surface area (Å²) in [5.41, 5.74) is 0.629. The van der Waals surface area contributed by atoms with Crippen molar-refractivity contribution in [1.29, 1.82) is 0 Å². The van der Waals surface area contributed by atoms with E-state index in [0.717, 1.165) is 6.54 Å². The number of hydrogen-bond donors (Lipinski definition) is 2. The van der Waals surface area contributed by atoms with Gasteiger partial charge in [-0.15, -0.1) is 0 Å². The van der Waals surface area contributed by atoms with Crippen LogP contribution in [0.25, 0.3) is 0 Å². The summed E-state index contributed by atoms with van der Waals surface area (Å²) in [5, 5.41) is 5.65. The minimum Gasteiger partial charge on any atom is -0.436 e. The Kier molecular flexibility index (Phi) is 3.64. The van der Waals surface area contributed by atoms with E-state index in [1.807, 2.05) is 7.05 Å². The van der Waals surface area contributed by atoms with Crippen molar-refractivity contribution in [1.82, 2.24) is 15.6 Å². The molecular formula is C9H15N3O2. The van der Waals surface area contributed by atoms with Crippen LogP contribution < -0.4 is 10.6 Å². The molecule has 0 bridgehead atoms. The molecule has 1 amide bonds. The van der Waals surface area contributed by atoms with Gasteiger partial charge < -0.3 is 15.1 Å². The maximum absolute atomic E-state index is 11.5. The van der Waals surface area contributed by atoms with Gasteiger partial charge >= 0.3 is 0 Å². The zero-order chi connectivity index (χ0) is 10.6. The Hall–Kier alpha value is -1.36. The Bertz CT molecular complexity index is 320. The smallest absolute Gasteiger partial charge is 0.289 e. The van der Waals surface area contributed by atoms with E-state index >= 15 is 0 Å². The van der Waals surface area contributed by atoms with Crippen LogP contribution in [-0.2, 0) is 0 Å². The molecule has 0 atom stereocenters. The average molecular weight is 197 g/mol. The van der Waals surface area contributed by atoms with E-state index in [0.29, 0.717) is 23.9 Å². The summed E-state index contributed by atoms with van der Waals surface area (Å²) in [4.78, 5) is 15.5. The Morgan fingerprint density at radius 3 is 2.64 bits per heavy atom. The van der Waals surface area contributed by atoms with Gasteiger partial charge in [-0.3, -0.25) is 4.79 Å². The highest BCUT2D eigenvalue weighted by Crippen LogP contribution is 2.08. The molecule has 0 saturated carbocycles. The molecule has 0 spiro atoms. The fourth-order valence-corrected chi connectivity index (χ4v) is 1.12. The summed E-state index contributed by atoms with van der Waals surface area (Å²) in [6.07, 6.45) is 0. The van der Waals surface area contributed by atoms with Crippen LogP contribution in [-0.4, -0.2) is 31.0 Å². The monoisotopic (exact) mass is 197 g/mol. The van der Waals surface area contributed by atoms with E-state index in [2.05, 4.69) is 15.6 Å². The number of nitrogens with zero attached hydrogens (tertiary/aromatic N) is 1. The van der Waals surface area contributed by atoms with E-state index in [9.17, 15) is 4.79 Å². The SMILES string of the molecule is CNCCNC(=O)c1oc(C)nc1C. The predicted octanol–water partition coefficient (Wildman–Crippen LogP) is 0.241. The van der Waals surface area contributed by atoms with Crippen molar-refractivity contribution in [3.8, 4) is 0 Å². The van der Waals surface area contributed by atoms with Crippen molar-refractivity contribution < 1.29 is 9.21 Å². The number of nitrogens with one attached hydrogen (secondary N) is 2. The van der Waals surface area contributed by atoms with E-state index in [-0.39, 0.29) is 5.91 Å². The minimum atomic E-state index is -0.210. The number of oxazole rings is 1. The first-order chi connectivity index (χ1) is 6.65. The summed E-state index contributed by atoms with van der Waals surface area (Å²) in [5.74, 6) is 0.609. The molecule has 1 aromatic heterocycles. The lowest BCUT2D eigenvalue weighted by molar-refractivity contribution is 0.0924. The number of hydrogen-bond acceptors (Lipinski definition) is 4. The molecule has 1 aromatic rings. The number of aromatic nitrogens is 1. The summed E-state index contributed by atoms with van der Waals surface area (Å²) >= 11 is 0. The van der Waals surface area contributed by atoms with E-state index in [1.54, 1.807) is 13.8 Å². The number of rotatable bonds is 4. The van der Waals surface area contributed by atoms with Crippen molar-refractivity contribution in [2.75, 3.05) is 20.1 Å². The van der Waals surface area contributed by atoms with E-state index in [4.69, 9.17) is 4.42 Å². The highest BCUT2D eigenvalue weighted by molar-refractivity contribution is 5.92. The topological polar surface area (TPSA) is 67.2 Å². The number of carbonyl (C=O) groups excluding carboxylic acids is 1. The maximum Gasteiger partial charge on any atom is 0.289 e. The van der Waals surface area contributed by atoms with Gasteiger partial charge in [0.15, 0.2) is 5.89 Å². The molecule has 2 N–H and O–H groups in total. The predicted molar refractivity (Wildman–Crippen MR) is 52.2 cm³/mol. The quantitative estimate of drug-likeness (QED) is 0.678. The molecule has 1 rings (SSSR count). The van der Waals surface area contributed by atoms with Crippen molar-refractivity contribution >= 4 is 5.91 Å². The van der Waals surface area contributed by atoms with E-state index in [1.165, 1.54) is 0 Å². The lowest BCUT2D eigenvalue weighted by atomic mass is 10.3. The number of likely N-dealkylation sites (N-methyl/N-ethyl adjacent to an activating group) is 1. The average Bonchev–Trinajstić information content (AvgIpc) is 2.45. The molecule has 0 unspecified atom stereocenters. The molecule has 1 heterocycles. The van der Waals surface area contributed by atoms with Crippen molar-refractivity contribution in [2.24, 2.45) is 0 Å². The Balaban J connectivity index is 2.56. The third-order valence-corrected chi connectivity index (χ3v) is 1.77. The zero-order valence-electron chi connectivity index (χ0n) is 8.68. The van der Waals surface area contributed by atoms with Crippen molar-refractivity contribution in [3.63, 3.8) is 0 Å². The molecule has 78 valence electrons. The molecule has 0 aliphatic rings. The molecular weight excluding hydrogens is 182 g/mol. The van der Waals surface area contributed by atoms with Gasteiger partial charge in [-0.1, -0.05) is 0 Å². The number of aryl methyl sites for hydroxylation is 2. The second kappa shape index (κ2) is 4.76. The highest BCUT2D eigenvalue weighted by Gasteiger charge is 2.14. The minimum absolute atomic E-state index is 0.210. The fraction of sp³-hybridized carbons (Fsp3) is 0.556. The van der Waals surface area contributed by atoms with E-state index < -0.39 is 0 Å². The lowest BCUT2D eigenvalue weighted by Gasteiger charge is -2.01. The molecule has 5 heteroatoms. The first-order valence-electron chi connectivity index (χ1n) is 4.52. The molecule has 0 aliphatic carbocycles. The number of amides is 1. The standard InChI is InChI=1S/C9H15N3O2/c1-6-8(14-7(2)12-6)9(13)11-5-4-10-3/h10H,4-5H2,1-3H3,(H,11,13). The van der Waals surface area contributed by atoms with Crippen molar-refractivity contribution in [3.05, 3.63) is 17.3 Å². The highest BCUT2D eigenvalue weighted by atomic mass is 16.4. The van der Waals surface area contributed by atoms with Crippen LogP contribution in [0.1, 0.15) is 22.1 Å². The van der Waals surface area contributed by atoms with Crippen LogP contribution in [0, 0.1) is 13.8 Å².